The van der Waals surface area contributed by atoms with Gasteiger partial charge in [-0.1, -0.05) is 0 Å². The van der Waals surface area contributed by atoms with E-state index in [0.29, 0.717) is 0 Å². The normalized spacial score (nSPS) is 14.1. The first-order valence-electron chi connectivity index (χ1n) is 2.79. The van der Waals surface area contributed by atoms with Crippen molar-refractivity contribution >= 4 is 19.8 Å². The topological polar surface area (TPSA) is 26.0 Å². The zero-order valence-corrected chi connectivity index (χ0v) is 8.48. The molecule has 0 aromatic rings. The first kappa shape index (κ1) is 9.94. The fraction of sp³-hybridized carbons (Fsp3) is 0.429. The summed E-state index contributed by atoms with van der Waals surface area (Å²) in [6.07, 6.45) is 0. The zero-order valence-electron chi connectivity index (χ0n) is 6.32. The Morgan fingerprint density at radius 2 is 2.00 bits per heavy atom. The van der Waals surface area contributed by atoms with E-state index in [2.05, 4.69) is 13.2 Å². The van der Waals surface area contributed by atoms with Gasteiger partial charge in [0, 0.05) is 0 Å². The van der Waals surface area contributed by atoms with Crippen LogP contribution in [0.2, 0.25) is 0 Å². The molecule has 1 nitrogen and oxygen atoms in total. The van der Waals surface area contributed by atoms with E-state index in [4.69, 9.17) is 5.73 Å². The molecular formula is C7H13FIN. The maximum atomic E-state index is 13.0. The molecule has 0 aliphatic carbocycles. The summed E-state index contributed by atoms with van der Waals surface area (Å²) in [5, 5.41) is 0. The van der Waals surface area contributed by atoms with E-state index in [1.54, 1.807) is 0 Å². The summed E-state index contributed by atoms with van der Waals surface area (Å²) in [7, 11) is 0. The number of alkyl halides is 3. The summed E-state index contributed by atoms with van der Waals surface area (Å²) in [4.78, 5) is 1.90. The molecule has 3 heteroatoms. The van der Waals surface area contributed by atoms with Crippen LogP contribution in [0.4, 0.5) is 4.39 Å². The van der Waals surface area contributed by atoms with Crippen molar-refractivity contribution in [1.82, 2.24) is 0 Å². The molecule has 0 aromatic carbocycles. The molecule has 0 amide bonds. The third-order valence-corrected chi connectivity index (χ3v) is 6.42. The Morgan fingerprint density at radius 3 is 2.10 bits per heavy atom. The molecule has 0 fully saturated rings. The number of hydrogen-bond donors (Lipinski definition) is 1. The Labute approximate surface area is 68.6 Å². The van der Waals surface area contributed by atoms with Gasteiger partial charge in [-0.2, -0.15) is 0 Å². The Balaban J connectivity index is 4.07. The summed E-state index contributed by atoms with van der Waals surface area (Å²) < 4.78 is 12.9. The van der Waals surface area contributed by atoms with Crippen LogP contribution in [0.5, 0.6) is 0 Å². The third-order valence-electron chi connectivity index (χ3n) is 1.08. The molecule has 0 aliphatic rings. The van der Waals surface area contributed by atoms with E-state index >= 15 is 0 Å². The number of allylic oxidation sites excluding steroid dienone is 2. The first-order chi connectivity index (χ1) is 4.46. The van der Waals surface area contributed by atoms with Gasteiger partial charge in [0.05, 0.1) is 0 Å². The first-order valence-corrected chi connectivity index (χ1v) is 7.27. The molecule has 10 heavy (non-hydrogen) atoms. The standard InChI is InChI=1S/C7H13FIN/c1-5(2)9(4)7(8)6(3)10/h7H,1,3,10H2,2,4H3/t7-/m0/s1. The minimum absolute atomic E-state index is 0.149. The van der Waals surface area contributed by atoms with Gasteiger partial charge < -0.3 is 0 Å². The van der Waals surface area contributed by atoms with Gasteiger partial charge >= 0.3 is 68.4 Å². The fourth-order valence-electron chi connectivity index (χ4n) is 0.374. The molecule has 0 heterocycles. The van der Waals surface area contributed by atoms with Crippen LogP contribution in [-0.2, 0) is 0 Å². The maximum absolute atomic E-state index is 13.0. The molecule has 0 radical (unpaired) electrons. The zero-order chi connectivity index (χ0) is 8.31. The van der Waals surface area contributed by atoms with E-state index in [1.807, 2.05) is 11.9 Å². The van der Waals surface area contributed by atoms with Crippen LogP contribution in [0.3, 0.4) is 0 Å². The second-order valence-electron chi connectivity index (χ2n) is 2.07. The monoisotopic (exact) mass is 257 g/mol. The summed E-state index contributed by atoms with van der Waals surface area (Å²) in [5.74, 6) is 0. The summed E-state index contributed by atoms with van der Waals surface area (Å²) in [6.45, 7) is 8.90. The van der Waals surface area contributed by atoms with Crippen LogP contribution in [0, 0.1) is 0 Å². The van der Waals surface area contributed by atoms with E-state index in [9.17, 15) is 4.39 Å². The van der Waals surface area contributed by atoms with E-state index in [0.717, 1.165) is 3.58 Å². The summed E-state index contributed by atoms with van der Waals surface area (Å²) in [6, 6.07) is 0. The quantitative estimate of drug-likeness (QED) is 0.609. The molecule has 0 saturated heterocycles. The number of hydrogen-bond acceptors (Lipinski definition) is 1. The van der Waals surface area contributed by atoms with Crippen molar-refractivity contribution in [3.8, 4) is 0 Å². The number of halogens is 2. The Hall–Kier alpha value is -0.0600. The van der Waals surface area contributed by atoms with Crippen LogP contribution in [-0.4, -0.2) is 9.11 Å². The average Bonchev–Trinajstić information content (AvgIpc) is 1.84. The molecule has 0 bridgehead atoms. The van der Waals surface area contributed by atoms with Crippen LogP contribution in [0.25, 0.3) is 0 Å². The molecule has 1 atom stereocenters. The SMILES string of the molecule is C=C(N)[C@@H](F)I(C)C(=C)C. The van der Waals surface area contributed by atoms with Gasteiger partial charge in [-0.05, 0) is 0 Å². The van der Waals surface area contributed by atoms with Gasteiger partial charge in [0.25, 0.3) is 0 Å². The molecule has 2 N–H and O–H groups in total. The third kappa shape index (κ3) is 2.68. The predicted octanol–water partition coefficient (Wildman–Crippen LogP) is 2.42. The van der Waals surface area contributed by atoms with Crippen LogP contribution in [0.15, 0.2) is 22.4 Å². The molecule has 60 valence electrons. The van der Waals surface area contributed by atoms with Gasteiger partial charge in [-0.15, -0.1) is 0 Å². The van der Waals surface area contributed by atoms with Gasteiger partial charge in [0.1, 0.15) is 0 Å². The van der Waals surface area contributed by atoms with Crippen molar-refractivity contribution in [1.29, 1.82) is 0 Å². The Morgan fingerprint density at radius 1 is 1.60 bits per heavy atom. The Bertz CT molecular complexity index is 138. The minimum atomic E-state index is -1.68. The van der Waals surface area contributed by atoms with Crippen molar-refractivity contribution in [2.24, 2.45) is 5.73 Å². The molecule has 0 aliphatic heterocycles. The molecule has 0 spiro atoms. The van der Waals surface area contributed by atoms with Gasteiger partial charge in [0.2, 0.25) is 0 Å². The average molecular weight is 257 g/mol. The van der Waals surface area contributed by atoms with Crippen LogP contribution in [0.1, 0.15) is 6.92 Å². The van der Waals surface area contributed by atoms with Crippen molar-refractivity contribution < 1.29 is 4.39 Å². The van der Waals surface area contributed by atoms with E-state index in [-0.39, 0.29) is 5.70 Å². The van der Waals surface area contributed by atoms with E-state index < -0.39 is 24.0 Å². The number of rotatable bonds is 3. The van der Waals surface area contributed by atoms with Gasteiger partial charge in [-0.25, -0.2) is 0 Å². The van der Waals surface area contributed by atoms with E-state index in [1.165, 1.54) is 0 Å². The molecular weight excluding hydrogens is 244 g/mol. The van der Waals surface area contributed by atoms with Crippen molar-refractivity contribution in [3.05, 3.63) is 22.4 Å². The molecule has 0 aromatic heterocycles. The second kappa shape index (κ2) is 3.95. The molecule has 0 unspecified atom stereocenters. The van der Waals surface area contributed by atoms with Crippen molar-refractivity contribution in [2.45, 2.75) is 11.1 Å². The van der Waals surface area contributed by atoms with Crippen molar-refractivity contribution in [3.63, 3.8) is 0 Å². The second-order valence-corrected chi connectivity index (χ2v) is 7.95. The number of nitrogens with two attached hydrogens (primary N) is 1. The van der Waals surface area contributed by atoms with Crippen molar-refractivity contribution in [2.75, 3.05) is 4.93 Å². The molecule has 0 rings (SSSR count). The Kier molecular flexibility index (Phi) is 3.93. The van der Waals surface area contributed by atoms with Gasteiger partial charge in [-0.3, -0.25) is 0 Å². The van der Waals surface area contributed by atoms with Gasteiger partial charge in [0.15, 0.2) is 0 Å². The van der Waals surface area contributed by atoms with Crippen LogP contribution < -0.4 is 5.73 Å². The predicted molar refractivity (Wildman–Crippen MR) is 53.0 cm³/mol. The summed E-state index contributed by atoms with van der Waals surface area (Å²) >= 11 is -1.68. The summed E-state index contributed by atoms with van der Waals surface area (Å²) in [5.41, 5.74) is 5.35. The molecule has 0 saturated carbocycles. The fourth-order valence-corrected chi connectivity index (χ4v) is 2.51. The van der Waals surface area contributed by atoms with Crippen LogP contribution >= 0.6 is 19.8 Å².